The summed E-state index contributed by atoms with van der Waals surface area (Å²) in [6.07, 6.45) is 9.54. The molecule has 0 spiro atoms. The smallest absolute Gasteiger partial charge is 0.462 e. The van der Waals surface area contributed by atoms with E-state index >= 15 is 0 Å². The van der Waals surface area contributed by atoms with Gasteiger partial charge < -0.3 is 18.9 Å². The number of phosphoric acid groups is 1. The molecule has 0 aliphatic rings. The minimum Gasteiger partial charge on any atom is -0.462 e. The summed E-state index contributed by atoms with van der Waals surface area (Å²) in [6, 6.07) is 0. The van der Waals surface area contributed by atoms with Gasteiger partial charge in [0.2, 0.25) is 0 Å². The molecule has 0 rings (SSSR count). The van der Waals surface area contributed by atoms with Crippen LogP contribution in [0.15, 0.2) is 0 Å². The first kappa shape index (κ1) is 33.0. The molecule has 34 heavy (non-hydrogen) atoms. The molecular formula is C24H49NO8P+. The maximum absolute atomic E-state index is 12.2. The average Bonchev–Trinajstić information content (AvgIpc) is 2.74. The second-order valence-electron chi connectivity index (χ2n) is 9.73. The second kappa shape index (κ2) is 19.2. The maximum Gasteiger partial charge on any atom is 0.472 e. The molecule has 0 aliphatic carbocycles. The molecule has 0 bridgehead atoms. The summed E-state index contributed by atoms with van der Waals surface area (Å²) >= 11 is 0. The Morgan fingerprint density at radius 1 is 0.794 bits per heavy atom. The van der Waals surface area contributed by atoms with Gasteiger partial charge in [0.05, 0.1) is 27.7 Å². The first-order valence-corrected chi connectivity index (χ1v) is 14.3. The molecule has 9 nitrogen and oxygen atoms in total. The molecule has 0 aromatic carbocycles. The summed E-state index contributed by atoms with van der Waals surface area (Å²) < 4.78 is 33.4. The molecule has 0 aromatic heterocycles. The van der Waals surface area contributed by atoms with Gasteiger partial charge in [0, 0.05) is 12.8 Å². The monoisotopic (exact) mass is 510 g/mol. The summed E-state index contributed by atoms with van der Waals surface area (Å²) in [4.78, 5) is 34.2. The van der Waals surface area contributed by atoms with Crippen molar-refractivity contribution in [2.24, 2.45) is 0 Å². The largest absolute Gasteiger partial charge is 0.472 e. The van der Waals surface area contributed by atoms with Gasteiger partial charge in [-0.1, -0.05) is 65.2 Å². The molecule has 0 aliphatic heterocycles. The Kier molecular flexibility index (Phi) is 18.7. The molecule has 2 atom stereocenters. The van der Waals surface area contributed by atoms with E-state index in [-0.39, 0.29) is 32.0 Å². The lowest BCUT2D eigenvalue weighted by Crippen LogP contribution is -2.37. The number of unbranched alkanes of at least 4 members (excludes halogenated alkanes) is 8. The van der Waals surface area contributed by atoms with E-state index in [0.29, 0.717) is 17.4 Å². The zero-order chi connectivity index (χ0) is 25.9. The standard InChI is InChI=1S/C24H48NO8P/c1-6-8-10-12-14-16-23(26)30-20-22(33-24(27)17-15-13-11-9-7-2)21-32-34(28,29)31-19-18-25(3,4)5/h22H,6-21H2,1-5H3/p+1/t22-/m0/s1. The molecule has 0 fully saturated rings. The summed E-state index contributed by atoms with van der Waals surface area (Å²) in [5, 5.41) is 0. The molecule has 0 amide bonds. The fourth-order valence-corrected chi connectivity index (χ4v) is 3.75. The molecule has 0 saturated heterocycles. The van der Waals surface area contributed by atoms with Crippen LogP contribution in [-0.2, 0) is 32.7 Å². The van der Waals surface area contributed by atoms with Crippen LogP contribution in [0.2, 0.25) is 0 Å². The van der Waals surface area contributed by atoms with Crippen molar-refractivity contribution in [2.45, 2.75) is 97.0 Å². The summed E-state index contributed by atoms with van der Waals surface area (Å²) in [7, 11) is 1.47. The lowest BCUT2D eigenvalue weighted by atomic mass is 10.1. The minimum atomic E-state index is -4.33. The SMILES string of the molecule is CCCCCCCC(=O)OC[C@@H](COP(=O)(O)OCC[N+](C)(C)C)OC(=O)CCCCCCC. The van der Waals surface area contributed by atoms with Crippen molar-refractivity contribution >= 4 is 19.8 Å². The number of ether oxygens (including phenoxy) is 2. The highest BCUT2D eigenvalue weighted by molar-refractivity contribution is 7.47. The molecule has 0 aromatic rings. The van der Waals surface area contributed by atoms with Crippen LogP contribution < -0.4 is 0 Å². The van der Waals surface area contributed by atoms with Crippen LogP contribution >= 0.6 is 7.82 Å². The lowest BCUT2D eigenvalue weighted by molar-refractivity contribution is -0.870. The molecular weight excluding hydrogens is 461 g/mol. The fourth-order valence-electron chi connectivity index (χ4n) is 3.01. The minimum absolute atomic E-state index is 0.0342. The van der Waals surface area contributed by atoms with Gasteiger partial charge in [-0.3, -0.25) is 18.6 Å². The molecule has 1 unspecified atom stereocenters. The van der Waals surface area contributed by atoms with E-state index in [2.05, 4.69) is 13.8 Å². The third-order valence-electron chi connectivity index (χ3n) is 5.14. The first-order valence-electron chi connectivity index (χ1n) is 12.8. The number of nitrogens with zero attached hydrogens (tertiary/aromatic N) is 1. The van der Waals surface area contributed by atoms with Crippen molar-refractivity contribution in [3.05, 3.63) is 0 Å². The first-order chi connectivity index (χ1) is 16.0. The van der Waals surface area contributed by atoms with Crippen molar-refractivity contribution in [3.63, 3.8) is 0 Å². The average molecular weight is 511 g/mol. The van der Waals surface area contributed by atoms with Gasteiger partial charge in [0.15, 0.2) is 6.10 Å². The van der Waals surface area contributed by atoms with Crippen molar-refractivity contribution in [1.29, 1.82) is 0 Å². The molecule has 1 N–H and O–H groups in total. The van der Waals surface area contributed by atoms with Crippen LogP contribution in [0, 0.1) is 0 Å². The van der Waals surface area contributed by atoms with Crippen LogP contribution in [0.4, 0.5) is 0 Å². The van der Waals surface area contributed by atoms with Gasteiger partial charge in [-0.05, 0) is 12.8 Å². The Morgan fingerprint density at radius 2 is 1.32 bits per heavy atom. The number of hydrogen-bond donors (Lipinski definition) is 1. The number of phosphoric ester groups is 1. The van der Waals surface area contributed by atoms with Crippen LogP contribution in [0.1, 0.15) is 90.9 Å². The number of rotatable bonds is 22. The topological polar surface area (TPSA) is 108 Å². The van der Waals surface area contributed by atoms with Crippen molar-refractivity contribution in [1.82, 2.24) is 0 Å². The van der Waals surface area contributed by atoms with Crippen LogP contribution in [0.3, 0.4) is 0 Å². The number of carbonyl (C=O) groups excluding carboxylic acids is 2. The molecule has 0 saturated carbocycles. The molecule has 0 radical (unpaired) electrons. The Hall–Kier alpha value is -0.990. The van der Waals surface area contributed by atoms with E-state index in [4.69, 9.17) is 18.5 Å². The summed E-state index contributed by atoms with van der Waals surface area (Å²) in [5.41, 5.74) is 0. The zero-order valence-corrected chi connectivity index (χ0v) is 23.0. The highest BCUT2D eigenvalue weighted by Gasteiger charge is 2.27. The van der Waals surface area contributed by atoms with Gasteiger partial charge in [0.1, 0.15) is 19.8 Å². The summed E-state index contributed by atoms with van der Waals surface area (Å²) in [5.74, 6) is -0.831. The van der Waals surface area contributed by atoms with E-state index < -0.39 is 26.5 Å². The summed E-state index contributed by atoms with van der Waals surface area (Å²) in [6.45, 7) is 4.17. The zero-order valence-electron chi connectivity index (χ0n) is 22.1. The number of likely N-dealkylation sites (N-methyl/N-ethyl adjacent to an activating group) is 1. The van der Waals surface area contributed by atoms with E-state index in [0.717, 1.165) is 57.8 Å². The number of hydrogen-bond acceptors (Lipinski definition) is 7. The third kappa shape index (κ3) is 21.5. The van der Waals surface area contributed by atoms with Gasteiger partial charge in [-0.25, -0.2) is 4.57 Å². The third-order valence-corrected chi connectivity index (χ3v) is 6.12. The molecule has 0 heterocycles. The lowest BCUT2D eigenvalue weighted by Gasteiger charge is -2.24. The van der Waals surface area contributed by atoms with E-state index in [1.165, 1.54) is 0 Å². The number of quaternary nitrogens is 1. The quantitative estimate of drug-likeness (QED) is 0.0938. The van der Waals surface area contributed by atoms with E-state index in [1.54, 1.807) is 0 Å². The maximum atomic E-state index is 12.2. The predicted molar refractivity (Wildman–Crippen MR) is 132 cm³/mol. The van der Waals surface area contributed by atoms with Crippen molar-refractivity contribution in [2.75, 3.05) is 47.5 Å². The number of carbonyl (C=O) groups is 2. The fraction of sp³-hybridized carbons (Fsp3) is 0.917. The Bertz CT molecular complexity index is 594. The van der Waals surface area contributed by atoms with Crippen LogP contribution in [-0.4, -0.2) is 74.9 Å². The Labute approximate surface area is 206 Å². The van der Waals surface area contributed by atoms with Crippen molar-refractivity contribution < 1.29 is 42.1 Å². The molecule has 202 valence electrons. The normalized spacial score (nSPS) is 14.4. The highest BCUT2D eigenvalue weighted by atomic mass is 31.2. The second-order valence-corrected chi connectivity index (χ2v) is 11.2. The highest BCUT2D eigenvalue weighted by Crippen LogP contribution is 2.43. The Balaban J connectivity index is 4.62. The van der Waals surface area contributed by atoms with Gasteiger partial charge in [-0.15, -0.1) is 0 Å². The number of esters is 2. The van der Waals surface area contributed by atoms with Crippen LogP contribution in [0.5, 0.6) is 0 Å². The van der Waals surface area contributed by atoms with E-state index in [1.807, 2.05) is 21.1 Å². The molecule has 10 heteroatoms. The van der Waals surface area contributed by atoms with Crippen LogP contribution in [0.25, 0.3) is 0 Å². The van der Waals surface area contributed by atoms with Crippen molar-refractivity contribution in [3.8, 4) is 0 Å². The predicted octanol–water partition coefficient (Wildman–Crippen LogP) is 5.00. The Morgan fingerprint density at radius 3 is 1.85 bits per heavy atom. The van der Waals surface area contributed by atoms with Gasteiger partial charge in [0.25, 0.3) is 0 Å². The van der Waals surface area contributed by atoms with Gasteiger partial charge >= 0.3 is 19.8 Å². The van der Waals surface area contributed by atoms with Gasteiger partial charge in [-0.2, -0.15) is 0 Å². The van der Waals surface area contributed by atoms with E-state index in [9.17, 15) is 19.0 Å².